The van der Waals surface area contributed by atoms with E-state index in [1.165, 1.54) is 11.3 Å². The second-order valence-electron chi connectivity index (χ2n) is 7.61. The molecule has 0 N–H and O–H groups in total. The molecule has 0 bridgehead atoms. The molecule has 0 radical (unpaired) electrons. The van der Waals surface area contributed by atoms with Gasteiger partial charge in [-0.3, -0.25) is 4.79 Å². The van der Waals surface area contributed by atoms with Crippen LogP contribution in [0.15, 0.2) is 69.5 Å². The number of hydrogen-bond donors (Lipinski definition) is 0. The van der Waals surface area contributed by atoms with Crippen molar-refractivity contribution in [1.82, 2.24) is 0 Å². The fourth-order valence-electron chi connectivity index (χ4n) is 4.66. The zero-order valence-corrected chi connectivity index (χ0v) is 18.4. The molecular formula is C26H14O4S2. The Labute approximate surface area is 189 Å². The van der Waals surface area contributed by atoms with Gasteiger partial charge >= 0.3 is 0 Å². The number of carbonyl (C=O) groups excluding carboxylic acids is 1. The van der Waals surface area contributed by atoms with Gasteiger partial charge in [0.2, 0.25) is 0 Å². The smallest absolute Gasteiger partial charge is 0.174 e. The highest BCUT2D eigenvalue weighted by Crippen LogP contribution is 2.51. The molecule has 0 fully saturated rings. The lowest BCUT2D eigenvalue weighted by molar-refractivity contribution is 0.112. The molecule has 0 saturated carbocycles. The molecule has 7 aromatic rings. The molecule has 4 nitrogen and oxygen atoms in total. The van der Waals surface area contributed by atoms with Crippen LogP contribution >= 0.6 is 22.7 Å². The fourth-order valence-corrected chi connectivity index (χ4v) is 6.28. The largest absolute Gasteiger partial charge is 0.487 e. The van der Waals surface area contributed by atoms with Gasteiger partial charge in [0.15, 0.2) is 22.9 Å². The van der Waals surface area contributed by atoms with Crippen LogP contribution in [-0.2, 0) is 0 Å². The molecule has 0 aliphatic carbocycles. The number of ether oxygens (including phenoxy) is 1. The van der Waals surface area contributed by atoms with Gasteiger partial charge in [0.05, 0.1) is 21.7 Å². The second-order valence-corrected chi connectivity index (χ2v) is 9.77. The molecule has 6 heteroatoms. The molecule has 0 spiro atoms. The summed E-state index contributed by atoms with van der Waals surface area (Å²) in [5.74, 6) is 1.64. The Balaban J connectivity index is 1.68. The highest BCUT2D eigenvalue weighted by atomic mass is 32.1. The molecule has 154 valence electrons. The van der Waals surface area contributed by atoms with Gasteiger partial charge in [-0.05, 0) is 47.2 Å². The summed E-state index contributed by atoms with van der Waals surface area (Å²) < 4.78 is 18.3. The quantitative estimate of drug-likeness (QED) is 0.199. The van der Waals surface area contributed by atoms with Gasteiger partial charge in [-0.1, -0.05) is 35.6 Å². The molecule has 7 rings (SSSR count). The Morgan fingerprint density at radius 2 is 1.31 bits per heavy atom. The van der Waals surface area contributed by atoms with E-state index in [4.69, 9.17) is 13.6 Å². The number of furan rings is 2. The van der Waals surface area contributed by atoms with Gasteiger partial charge in [0.1, 0.15) is 11.2 Å². The van der Waals surface area contributed by atoms with Crippen molar-refractivity contribution in [2.45, 2.75) is 0 Å². The van der Waals surface area contributed by atoms with Gasteiger partial charge in [0, 0.05) is 21.5 Å². The van der Waals surface area contributed by atoms with Gasteiger partial charge in [0.25, 0.3) is 0 Å². The zero-order valence-electron chi connectivity index (χ0n) is 16.8. The van der Waals surface area contributed by atoms with Crippen molar-refractivity contribution in [2.75, 3.05) is 7.11 Å². The van der Waals surface area contributed by atoms with Crippen molar-refractivity contribution < 1.29 is 18.4 Å². The summed E-state index contributed by atoms with van der Waals surface area (Å²) in [5, 5.41) is 7.34. The van der Waals surface area contributed by atoms with E-state index in [0.717, 1.165) is 76.1 Å². The molecule has 3 aromatic carbocycles. The summed E-state index contributed by atoms with van der Waals surface area (Å²) in [7, 11) is 1.68. The van der Waals surface area contributed by atoms with Crippen molar-refractivity contribution in [2.24, 2.45) is 0 Å². The number of benzene rings is 3. The molecule has 4 heterocycles. The maximum Gasteiger partial charge on any atom is 0.174 e. The normalized spacial score (nSPS) is 12.0. The standard InChI is InChI=1S/C26H14O4S2/c1-28-20-11-10-19(32-20)26-24-15-5-3-6-16-21(15)23(14-4-2-7-17(30-26)22(14)24)25(29-16)18-9-8-13(12-27)31-18/h2-12H,1H3. The number of rotatable bonds is 4. The van der Waals surface area contributed by atoms with E-state index in [0.29, 0.717) is 4.88 Å². The lowest BCUT2D eigenvalue weighted by Gasteiger charge is -2.05. The number of carbonyl (C=O) groups is 1. The maximum absolute atomic E-state index is 11.3. The Morgan fingerprint density at radius 1 is 0.719 bits per heavy atom. The molecular weight excluding hydrogens is 440 g/mol. The van der Waals surface area contributed by atoms with E-state index in [1.54, 1.807) is 18.4 Å². The van der Waals surface area contributed by atoms with Crippen LogP contribution in [0, 0.1) is 0 Å². The maximum atomic E-state index is 11.3. The highest BCUT2D eigenvalue weighted by molar-refractivity contribution is 7.17. The minimum atomic E-state index is 0.680. The van der Waals surface area contributed by atoms with Crippen molar-refractivity contribution >= 4 is 72.4 Å². The first-order valence-corrected chi connectivity index (χ1v) is 11.7. The predicted molar refractivity (Wildman–Crippen MR) is 131 cm³/mol. The average Bonchev–Trinajstić information content (AvgIpc) is 3.61. The second kappa shape index (κ2) is 6.45. The molecule has 4 aromatic heterocycles. The van der Waals surface area contributed by atoms with Crippen molar-refractivity contribution in [1.29, 1.82) is 0 Å². The molecule has 0 saturated heterocycles. The molecule has 0 atom stereocenters. The summed E-state index contributed by atoms with van der Waals surface area (Å²) in [4.78, 5) is 13.9. The predicted octanol–water partition coefficient (Wildman–Crippen LogP) is 8.20. The summed E-state index contributed by atoms with van der Waals surface area (Å²) in [6.07, 6.45) is 0.879. The third kappa shape index (κ3) is 2.28. The summed E-state index contributed by atoms with van der Waals surface area (Å²) >= 11 is 3.01. The summed E-state index contributed by atoms with van der Waals surface area (Å²) in [5.41, 5.74) is 1.67. The molecule has 0 aliphatic heterocycles. The first-order valence-electron chi connectivity index (χ1n) is 10.1. The van der Waals surface area contributed by atoms with Gasteiger partial charge in [-0.25, -0.2) is 0 Å². The van der Waals surface area contributed by atoms with Crippen LogP contribution in [0.4, 0.5) is 0 Å². The van der Waals surface area contributed by atoms with Crippen LogP contribution in [0.25, 0.3) is 64.8 Å². The van der Waals surface area contributed by atoms with Crippen molar-refractivity contribution in [3.05, 3.63) is 65.5 Å². The topological polar surface area (TPSA) is 52.6 Å². The number of thiophene rings is 2. The van der Waals surface area contributed by atoms with E-state index in [9.17, 15) is 4.79 Å². The highest BCUT2D eigenvalue weighted by Gasteiger charge is 2.26. The first-order chi connectivity index (χ1) is 15.8. The number of aldehydes is 1. The van der Waals surface area contributed by atoms with Crippen molar-refractivity contribution in [3.8, 4) is 26.3 Å². The summed E-state index contributed by atoms with van der Waals surface area (Å²) in [6, 6.07) is 20.1. The SMILES string of the molecule is COc1ccc(-c2oc3cccc4c5c(-c6ccc(C=O)s6)oc6cccc(c2c34)c65)s1. The average molecular weight is 455 g/mol. The van der Waals surface area contributed by atoms with Crippen LogP contribution in [0.2, 0.25) is 0 Å². The number of methoxy groups -OCH3 is 1. The Kier molecular flexibility index (Phi) is 3.63. The third-order valence-corrected chi connectivity index (χ3v) is 8.00. The number of fused-ring (bicyclic) bond motifs is 2. The van der Waals surface area contributed by atoms with Gasteiger partial charge in [-0.2, -0.15) is 0 Å². The molecule has 0 unspecified atom stereocenters. The lowest BCUT2D eigenvalue weighted by Crippen LogP contribution is -1.81. The van der Waals surface area contributed by atoms with E-state index in [1.807, 2.05) is 48.5 Å². The Morgan fingerprint density at radius 3 is 1.84 bits per heavy atom. The van der Waals surface area contributed by atoms with E-state index in [2.05, 4.69) is 12.1 Å². The molecule has 32 heavy (non-hydrogen) atoms. The van der Waals surface area contributed by atoms with E-state index >= 15 is 0 Å². The third-order valence-electron chi connectivity index (χ3n) is 5.94. The van der Waals surface area contributed by atoms with Crippen LogP contribution in [0.1, 0.15) is 9.67 Å². The van der Waals surface area contributed by atoms with Crippen molar-refractivity contribution in [3.63, 3.8) is 0 Å². The van der Waals surface area contributed by atoms with Gasteiger partial charge in [-0.15, -0.1) is 11.3 Å². The Bertz CT molecular complexity index is 1790. The van der Waals surface area contributed by atoms with Gasteiger partial charge < -0.3 is 13.6 Å². The van der Waals surface area contributed by atoms with Crippen LogP contribution in [-0.4, -0.2) is 13.4 Å². The first kappa shape index (κ1) is 18.0. The fraction of sp³-hybridized carbons (Fsp3) is 0.0385. The Hall–Kier alpha value is -3.61. The van der Waals surface area contributed by atoms with E-state index < -0.39 is 0 Å². The van der Waals surface area contributed by atoms with Crippen LogP contribution < -0.4 is 4.74 Å². The minimum absolute atomic E-state index is 0.680. The minimum Gasteiger partial charge on any atom is -0.487 e. The number of hydrogen-bond acceptors (Lipinski definition) is 6. The molecule has 0 aliphatic rings. The van der Waals surface area contributed by atoms with Crippen LogP contribution in [0.3, 0.4) is 0 Å². The monoisotopic (exact) mass is 454 g/mol. The summed E-state index contributed by atoms with van der Waals surface area (Å²) in [6.45, 7) is 0. The van der Waals surface area contributed by atoms with Crippen LogP contribution in [0.5, 0.6) is 5.06 Å². The molecule has 0 amide bonds. The van der Waals surface area contributed by atoms with E-state index in [-0.39, 0.29) is 0 Å². The lowest BCUT2D eigenvalue weighted by atomic mass is 9.94. The zero-order chi connectivity index (χ0) is 21.4.